The summed E-state index contributed by atoms with van der Waals surface area (Å²) in [6, 6.07) is 11.6. The van der Waals surface area contributed by atoms with Crippen LogP contribution in [0.3, 0.4) is 0 Å². The van der Waals surface area contributed by atoms with E-state index in [1.54, 1.807) is 6.20 Å². The van der Waals surface area contributed by atoms with Crippen LogP contribution in [0, 0.1) is 6.92 Å². The number of fused-ring (bicyclic) bond motifs is 1. The fraction of sp³-hybridized carbons (Fsp3) is 0.300. The summed E-state index contributed by atoms with van der Waals surface area (Å²) >= 11 is 6.08. The van der Waals surface area contributed by atoms with Gasteiger partial charge in [0.05, 0.1) is 5.52 Å². The molecule has 5 nitrogen and oxygen atoms in total. The van der Waals surface area contributed by atoms with Gasteiger partial charge in [0.2, 0.25) is 0 Å². The smallest absolute Gasteiger partial charge is 0.135 e. The molecule has 2 aromatic heterocycles. The second-order valence-corrected chi connectivity index (χ2v) is 6.88. The van der Waals surface area contributed by atoms with Gasteiger partial charge < -0.3 is 14.7 Å². The van der Waals surface area contributed by atoms with Crippen LogP contribution in [0.4, 0.5) is 5.69 Å². The highest BCUT2D eigenvalue weighted by Crippen LogP contribution is 2.33. The van der Waals surface area contributed by atoms with E-state index in [0.29, 0.717) is 11.8 Å². The van der Waals surface area contributed by atoms with E-state index in [9.17, 15) is 5.11 Å². The molecule has 1 aliphatic heterocycles. The third-order valence-corrected chi connectivity index (χ3v) is 4.99. The van der Waals surface area contributed by atoms with Crippen LogP contribution in [-0.4, -0.2) is 27.8 Å². The molecule has 1 aromatic carbocycles. The fourth-order valence-corrected chi connectivity index (χ4v) is 3.54. The van der Waals surface area contributed by atoms with Crippen molar-refractivity contribution in [1.82, 2.24) is 9.97 Å². The maximum absolute atomic E-state index is 10.2. The molecule has 1 atom stereocenters. The zero-order valence-corrected chi connectivity index (χ0v) is 15.3. The minimum Gasteiger partial charge on any atom is -0.489 e. The van der Waals surface area contributed by atoms with Crippen LogP contribution in [-0.2, 0) is 6.61 Å². The number of pyridine rings is 2. The molecule has 0 bridgehead atoms. The molecule has 0 amide bonds. The lowest BCUT2D eigenvalue weighted by Crippen LogP contribution is -2.28. The van der Waals surface area contributed by atoms with Crippen molar-refractivity contribution in [2.45, 2.75) is 32.6 Å². The first-order valence-corrected chi connectivity index (χ1v) is 9.08. The second kappa shape index (κ2) is 7.09. The van der Waals surface area contributed by atoms with Gasteiger partial charge in [0.1, 0.15) is 23.7 Å². The molecule has 0 saturated carbocycles. The number of hydrogen-bond donors (Lipinski definition) is 1. The van der Waals surface area contributed by atoms with Crippen molar-refractivity contribution in [2.75, 3.05) is 11.4 Å². The summed E-state index contributed by atoms with van der Waals surface area (Å²) in [6.45, 7) is 3.17. The molecule has 1 fully saturated rings. The molecular formula is C20H20ClN3O2. The van der Waals surface area contributed by atoms with E-state index in [0.717, 1.165) is 53.0 Å². The van der Waals surface area contributed by atoms with Gasteiger partial charge in [0, 0.05) is 41.1 Å². The Balaban J connectivity index is 1.64. The minimum absolute atomic E-state index is 0.349. The standard InChI is InChI=1S/C20H20ClN3O2/c1-13-10-18(24-9-3-5-19(24)25)16-7-6-15(11-17(16)23-13)26-12-14-4-2-8-22-20(14)21/h2,4,6-8,10-11,19,25H,3,5,9,12H2,1H3/t19-/m1/s1. The molecule has 1 saturated heterocycles. The number of anilines is 1. The number of aliphatic hydroxyl groups is 1. The highest BCUT2D eigenvalue weighted by Gasteiger charge is 2.24. The normalized spacial score (nSPS) is 17.0. The Morgan fingerprint density at radius 1 is 1.31 bits per heavy atom. The maximum atomic E-state index is 10.2. The van der Waals surface area contributed by atoms with Crippen molar-refractivity contribution in [3.8, 4) is 5.75 Å². The summed E-state index contributed by atoms with van der Waals surface area (Å²) in [7, 11) is 0. The zero-order chi connectivity index (χ0) is 18.1. The number of aliphatic hydroxyl groups excluding tert-OH is 1. The Labute approximate surface area is 157 Å². The summed E-state index contributed by atoms with van der Waals surface area (Å²) in [4.78, 5) is 10.7. The lowest BCUT2D eigenvalue weighted by molar-refractivity contribution is 0.186. The molecule has 0 aliphatic carbocycles. The molecule has 3 heterocycles. The van der Waals surface area contributed by atoms with Crippen LogP contribution < -0.4 is 9.64 Å². The van der Waals surface area contributed by atoms with Gasteiger partial charge >= 0.3 is 0 Å². The van der Waals surface area contributed by atoms with Gasteiger partial charge in [-0.1, -0.05) is 17.7 Å². The van der Waals surface area contributed by atoms with Crippen LogP contribution in [0.1, 0.15) is 24.1 Å². The monoisotopic (exact) mass is 369 g/mol. The van der Waals surface area contributed by atoms with Gasteiger partial charge in [-0.3, -0.25) is 4.98 Å². The number of rotatable bonds is 4. The van der Waals surface area contributed by atoms with Gasteiger partial charge in [-0.2, -0.15) is 0 Å². The first-order chi connectivity index (χ1) is 12.6. The Bertz CT molecular complexity index is 947. The van der Waals surface area contributed by atoms with Gasteiger partial charge in [-0.25, -0.2) is 4.98 Å². The lowest BCUT2D eigenvalue weighted by Gasteiger charge is -2.24. The van der Waals surface area contributed by atoms with E-state index < -0.39 is 6.23 Å². The molecule has 1 aliphatic rings. The molecule has 26 heavy (non-hydrogen) atoms. The number of aromatic nitrogens is 2. The zero-order valence-electron chi connectivity index (χ0n) is 14.5. The molecule has 6 heteroatoms. The molecular weight excluding hydrogens is 350 g/mol. The Morgan fingerprint density at radius 2 is 2.19 bits per heavy atom. The first-order valence-electron chi connectivity index (χ1n) is 8.70. The van der Waals surface area contributed by atoms with Crippen LogP contribution in [0.15, 0.2) is 42.6 Å². The highest BCUT2D eigenvalue weighted by molar-refractivity contribution is 6.30. The van der Waals surface area contributed by atoms with Gasteiger partial charge in [0.25, 0.3) is 0 Å². The predicted octanol–water partition coefficient (Wildman–Crippen LogP) is 4.09. The van der Waals surface area contributed by atoms with Gasteiger partial charge in [-0.05, 0) is 44.0 Å². The van der Waals surface area contributed by atoms with E-state index in [1.807, 2.05) is 48.2 Å². The largest absolute Gasteiger partial charge is 0.489 e. The fourth-order valence-electron chi connectivity index (χ4n) is 3.36. The van der Waals surface area contributed by atoms with E-state index in [2.05, 4.69) is 9.97 Å². The molecule has 0 radical (unpaired) electrons. The topological polar surface area (TPSA) is 58.5 Å². The third kappa shape index (κ3) is 3.32. The summed E-state index contributed by atoms with van der Waals surface area (Å²) in [5.41, 5.74) is 3.64. The minimum atomic E-state index is -0.427. The van der Waals surface area contributed by atoms with Crippen LogP contribution in [0.2, 0.25) is 5.15 Å². The summed E-state index contributed by atoms with van der Waals surface area (Å²) in [5.74, 6) is 0.725. The summed E-state index contributed by atoms with van der Waals surface area (Å²) in [5, 5.41) is 11.7. The Hall–Kier alpha value is -2.37. The highest BCUT2D eigenvalue weighted by atomic mass is 35.5. The predicted molar refractivity (Wildman–Crippen MR) is 103 cm³/mol. The SMILES string of the molecule is Cc1cc(N2CCC[C@H]2O)c2ccc(OCc3cccnc3Cl)cc2n1. The van der Waals surface area contributed by atoms with E-state index in [1.165, 1.54) is 0 Å². The number of ether oxygens (including phenoxy) is 1. The second-order valence-electron chi connectivity index (χ2n) is 6.52. The summed E-state index contributed by atoms with van der Waals surface area (Å²) in [6.07, 6.45) is 3.03. The van der Waals surface area contributed by atoms with E-state index >= 15 is 0 Å². The van der Waals surface area contributed by atoms with Gasteiger partial charge in [0.15, 0.2) is 0 Å². The molecule has 0 spiro atoms. The molecule has 1 N–H and O–H groups in total. The lowest BCUT2D eigenvalue weighted by atomic mass is 10.1. The molecule has 134 valence electrons. The Morgan fingerprint density at radius 3 is 2.96 bits per heavy atom. The maximum Gasteiger partial charge on any atom is 0.135 e. The van der Waals surface area contributed by atoms with Crippen LogP contribution in [0.25, 0.3) is 10.9 Å². The average molecular weight is 370 g/mol. The van der Waals surface area contributed by atoms with Gasteiger partial charge in [-0.15, -0.1) is 0 Å². The first kappa shape index (κ1) is 17.1. The van der Waals surface area contributed by atoms with Crippen LogP contribution >= 0.6 is 11.6 Å². The van der Waals surface area contributed by atoms with Crippen LogP contribution in [0.5, 0.6) is 5.75 Å². The molecule has 0 unspecified atom stereocenters. The number of nitrogens with zero attached hydrogens (tertiary/aromatic N) is 3. The van der Waals surface area contributed by atoms with Crippen molar-refractivity contribution < 1.29 is 9.84 Å². The van der Waals surface area contributed by atoms with E-state index in [-0.39, 0.29) is 0 Å². The number of benzene rings is 1. The molecule has 3 aromatic rings. The number of halogens is 1. The summed E-state index contributed by atoms with van der Waals surface area (Å²) < 4.78 is 5.88. The van der Waals surface area contributed by atoms with Crippen molar-refractivity contribution in [3.05, 3.63) is 59.0 Å². The van der Waals surface area contributed by atoms with Crippen molar-refractivity contribution in [2.24, 2.45) is 0 Å². The third-order valence-electron chi connectivity index (χ3n) is 4.65. The Kier molecular flexibility index (Phi) is 4.66. The number of hydrogen-bond acceptors (Lipinski definition) is 5. The van der Waals surface area contributed by atoms with Crippen molar-refractivity contribution >= 4 is 28.2 Å². The molecule has 4 rings (SSSR count). The van der Waals surface area contributed by atoms with E-state index in [4.69, 9.17) is 16.3 Å². The average Bonchev–Trinajstić information content (AvgIpc) is 3.06. The van der Waals surface area contributed by atoms with Crippen molar-refractivity contribution in [1.29, 1.82) is 0 Å². The number of aryl methyl sites for hydroxylation is 1. The van der Waals surface area contributed by atoms with Crippen molar-refractivity contribution in [3.63, 3.8) is 0 Å². The quantitative estimate of drug-likeness (QED) is 0.702.